The average Bonchev–Trinajstić information content (AvgIpc) is 1.66. The second-order valence-corrected chi connectivity index (χ2v) is 25.9. The molecule has 1 heterocycles. The van der Waals surface area contributed by atoms with E-state index in [-0.39, 0.29) is 89.3 Å². The predicted octanol–water partition coefficient (Wildman–Crippen LogP) is -8.68. The Morgan fingerprint density at radius 1 is 0.491 bits per heavy atom. The zero-order valence-corrected chi connectivity index (χ0v) is 60.3. The Bertz CT molecular complexity index is 3340. The fraction of sp³-hybridized carbons (Fsp3) is 0.582. The van der Waals surface area contributed by atoms with E-state index in [1.54, 1.807) is 44.2 Å². The van der Waals surface area contributed by atoms with Crippen molar-refractivity contribution in [3.63, 3.8) is 0 Å². The van der Waals surface area contributed by atoms with E-state index in [9.17, 15) is 87.2 Å². The van der Waals surface area contributed by atoms with Gasteiger partial charge >= 0.3 is 0 Å². The molecular formula is C67H107N21O18. The fourth-order valence-corrected chi connectivity index (χ4v) is 10.9. The van der Waals surface area contributed by atoms with E-state index < -0.39 is 199 Å². The number of aromatic hydroxyl groups is 1. The standard InChI is InChI=1S/C67H107N21O18/c1-35(2)53(86-57(97)36(3)78-59(99)43(17-9-11-25-68)82-60(100)44(18-10-12-26-69)83-65(105)55(38(5)90)87-62(102)47(31-49(71)92)79-50(93)32-70)66(106)88-28-14-20-48(88)63(103)77-33-51(94)80-46(29-39-15-7-6-8-16-39)61(101)84-45(30-40-21-23-41(91)24-22-40)58(98)76-34-52(95)85-54(37(4)89)64(104)81-42(56(72)96)19-13-27-75-67(73)74/h6-8,15-16,21-24,35-38,42-48,53-55,89-91H,9-14,17-20,25-34,68-70H2,1-5H3,(H2,71,92)(H2,72,96)(H,76,98)(H,77,103)(H,78,99)(H,79,93)(H,80,94)(H,81,104)(H,82,100)(H,83,105)(H,84,101)(H,85,95)(H,86,97)(H,87,102)(H4,73,74,75)/t36-,37+,38+,42-,43-,44-,45-,46-,47-,48-,53-,54-,55-/m0/s1. The monoisotopic (exact) mass is 1490 g/mol. The van der Waals surface area contributed by atoms with Gasteiger partial charge in [0.1, 0.15) is 72.2 Å². The number of primary amides is 2. The number of hydrogen-bond donors (Lipinski definition) is 22. The summed E-state index contributed by atoms with van der Waals surface area (Å²) in [4.78, 5) is 208. The first-order chi connectivity index (χ1) is 50.1. The molecule has 106 heavy (non-hydrogen) atoms. The van der Waals surface area contributed by atoms with Crippen molar-refractivity contribution in [2.75, 3.05) is 45.8 Å². The van der Waals surface area contributed by atoms with Gasteiger partial charge in [0.25, 0.3) is 0 Å². The van der Waals surface area contributed by atoms with E-state index in [4.69, 9.17) is 40.1 Å². The third kappa shape index (κ3) is 31.8. The predicted molar refractivity (Wildman–Crippen MR) is 384 cm³/mol. The maximum absolute atomic E-state index is 14.5. The Morgan fingerprint density at radius 3 is 1.50 bits per heavy atom. The molecule has 1 aliphatic heterocycles. The van der Waals surface area contributed by atoms with E-state index in [1.165, 1.54) is 43.0 Å². The third-order valence-electron chi connectivity index (χ3n) is 16.8. The lowest BCUT2D eigenvalue weighted by Crippen LogP contribution is -2.61. The highest BCUT2D eigenvalue weighted by Gasteiger charge is 2.41. The van der Waals surface area contributed by atoms with Gasteiger partial charge in [-0.1, -0.05) is 56.3 Å². The van der Waals surface area contributed by atoms with Crippen molar-refractivity contribution in [1.82, 2.24) is 68.7 Å². The van der Waals surface area contributed by atoms with Gasteiger partial charge in [0.2, 0.25) is 88.6 Å². The zero-order valence-electron chi connectivity index (χ0n) is 60.3. The van der Waals surface area contributed by atoms with Crippen molar-refractivity contribution in [2.45, 2.75) is 197 Å². The number of hydrogen-bond acceptors (Lipinski definition) is 22. The zero-order chi connectivity index (χ0) is 79.3. The Labute approximate surface area is 613 Å². The lowest BCUT2D eigenvalue weighted by Gasteiger charge is -2.31. The third-order valence-corrected chi connectivity index (χ3v) is 16.8. The largest absolute Gasteiger partial charge is 0.508 e. The van der Waals surface area contributed by atoms with Crippen LogP contribution in [0.3, 0.4) is 0 Å². The van der Waals surface area contributed by atoms with Gasteiger partial charge < -0.3 is 124 Å². The topological polar surface area (TPSA) is 659 Å². The summed E-state index contributed by atoms with van der Waals surface area (Å²) in [5, 5.41) is 60.7. The van der Waals surface area contributed by atoms with Crippen LogP contribution in [0.5, 0.6) is 5.75 Å². The number of guanidine groups is 1. The maximum Gasteiger partial charge on any atom is 0.246 e. The number of rotatable bonds is 47. The summed E-state index contributed by atoms with van der Waals surface area (Å²) in [5.41, 5.74) is 39.2. The van der Waals surface area contributed by atoms with Crippen LogP contribution in [0.1, 0.15) is 116 Å². The van der Waals surface area contributed by atoms with Crippen molar-refractivity contribution < 1.29 is 87.2 Å². The van der Waals surface area contributed by atoms with Crippen LogP contribution in [-0.2, 0) is 84.8 Å². The molecule has 15 amide bonds. The van der Waals surface area contributed by atoms with Gasteiger partial charge in [-0.05, 0) is 127 Å². The highest BCUT2D eigenvalue weighted by Crippen LogP contribution is 2.21. The molecule has 0 bridgehead atoms. The minimum Gasteiger partial charge on any atom is -0.508 e. The number of aliphatic hydroxyl groups excluding tert-OH is 2. The molecule has 13 atom stereocenters. The second-order valence-electron chi connectivity index (χ2n) is 25.9. The number of nitrogens with one attached hydrogen (secondary N) is 12. The van der Waals surface area contributed by atoms with Crippen molar-refractivity contribution in [1.29, 1.82) is 0 Å². The molecule has 0 saturated carbocycles. The Kier molecular flexibility index (Phi) is 39.1. The van der Waals surface area contributed by atoms with E-state index in [1.807, 2.05) is 0 Å². The molecule has 29 N–H and O–H groups in total. The molecule has 0 radical (unpaired) electrons. The Balaban J connectivity index is 1.77. The van der Waals surface area contributed by atoms with E-state index in [2.05, 4.69) is 68.8 Å². The molecule has 2 aromatic carbocycles. The Hall–Kier alpha value is -10.6. The second kappa shape index (κ2) is 46.2. The molecule has 0 aromatic heterocycles. The molecule has 0 aliphatic carbocycles. The summed E-state index contributed by atoms with van der Waals surface area (Å²) in [7, 11) is 0. The lowest BCUT2D eigenvalue weighted by molar-refractivity contribution is -0.143. The van der Waals surface area contributed by atoms with Gasteiger partial charge in [0.05, 0.1) is 38.3 Å². The summed E-state index contributed by atoms with van der Waals surface area (Å²) in [6.07, 6.45) is -2.25. The van der Waals surface area contributed by atoms with E-state index >= 15 is 0 Å². The number of carbonyl (C=O) groups is 15. The summed E-state index contributed by atoms with van der Waals surface area (Å²) >= 11 is 0. The van der Waals surface area contributed by atoms with Gasteiger partial charge in [0, 0.05) is 25.9 Å². The molecule has 588 valence electrons. The van der Waals surface area contributed by atoms with Gasteiger partial charge in [-0.2, -0.15) is 0 Å². The molecule has 1 saturated heterocycles. The first kappa shape index (κ1) is 89.6. The molecule has 39 nitrogen and oxygen atoms in total. The summed E-state index contributed by atoms with van der Waals surface area (Å²) < 4.78 is 0. The fourth-order valence-electron chi connectivity index (χ4n) is 10.9. The number of aliphatic imine (C=N–C) groups is 1. The number of nitrogens with zero attached hydrogens (tertiary/aromatic N) is 2. The SMILES string of the molecule is CC(C)[C@H](NC(=O)[C@H](C)NC(=O)[C@H](CCCCN)NC(=O)[C@H](CCCCN)NC(=O)[C@@H](NC(=O)[C@H](CC(N)=O)NC(=O)CN)[C@@H](C)O)C(=O)N1CCC[C@H]1C(=O)NCC(=O)N[C@@H](Cc1ccccc1)C(=O)N[C@@H](Cc1ccc(O)cc1)C(=O)NCC(=O)N[C@H](C(=O)N[C@@H](CCCN=C(N)N)C(N)=O)[C@@H](C)O. The number of aliphatic hydroxyl groups is 2. The number of likely N-dealkylation sites (tertiary alicyclic amines) is 1. The van der Waals surface area contributed by atoms with E-state index in [0.29, 0.717) is 36.8 Å². The van der Waals surface area contributed by atoms with Crippen LogP contribution in [0.2, 0.25) is 0 Å². The van der Waals surface area contributed by atoms with Gasteiger partial charge in [-0.3, -0.25) is 76.9 Å². The first-order valence-corrected chi connectivity index (χ1v) is 34.9. The van der Waals surface area contributed by atoms with Crippen LogP contribution in [0.4, 0.5) is 0 Å². The number of benzene rings is 2. The minimum atomic E-state index is -1.76. The van der Waals surface area contributed by atoms with Crippen LogP contribution in [0.25, 0.3) is 0 Å². The molecule has 3 rings (SSSR count). The van der Waals surface area contributed by atoms with Crippen LogP contribution < -0.4 is 104 Å². The number of unbranched alkanes of at least 4 members (excludes halogenated alkanes) is 2. The molecular weight excluding hydrogens is 1390 g/mol. The molecule has 1 fully saturated rings. The summed E-state index contributed by atoms with van der Waals surface area (Å²) in [6.45, 7) is 5.40. The van der Waals surface area contributed by atoms with Gasteiger partial charge in [-0.25, -0.2) is 0 Å². The van der Waals surface area contributed by atoms with Crippen LogP contribution >= 0.6 is 0 Å². The van der Waals surface area contributed by atoms with Crippen molar-refractivity contribution in [2.24, 2.45) is 51.0 Å². The van der Waals surface area contributed by atoms with Crippen molar-refractivity contribution >= 4 is 94.6 Å². The number of carbonyl (C=O) groups excluding carboxylic acids is 15. The maximum atomic E-state index is 14.5. The molecule has 39 heteroatoms. The minimum absolute atomic E-state index is 0.000820. The molecule has 0 spiro atoms. The van der Waals surface area contributed by atoms with Crippen LogP contribution in [-0.4, -0.2) is 239 Å². The highest BCUT2D eigenvalue weighted by molar-refractivity contribution is 6.00. The van der Waals surface area contributed by atoms with Crippen LogP contribution in [0, 0.1) is 5.92 Å². The molecule has 2 aromatic rings. The number of phenols is 1. The number of nitrogens with two attached hydrogens (primary N) is 7. The number of phenolic OH excluding ortho intramolecular Hbond substituents is 1. The smallest absolute Gasteiger partial charge is 0.246 e. The number of amides is 15. The first-order valence-electron chi connectivity index (χ1n) is 34.9. The Morgan fingerprint density at radius 2 is 0.962 bits per heavy atom. The van der Waals surface area contributed by atoms with Crippen molar-refractivity contribution in [3.8, 4) is 5.75 Å². The van der Waals surface area contributed by atoms with Gasteiger partial charge in [-0.15, -0.1) is 0 Å². The normalized spacial score (nSPS) is 15.9. The summed E-state index contributed by atoms with van der Waals surface area (Å²) in [5.74, 6) is -14.5. The van der Waals surface area contributed by atoms with Gasteiger partial charge in [0.15, 0.2) is 5.96 Å². The molecule has 1 aliphatic rings. The van der Waals surface area contributed by atoms with Crippen LogP contribution in [0.15, 0.2) is 59.6 Å². The average molecular weight is 1490 g/mol. The highest BCUT2D eigenvalue weighted by atomic mass is 16.3. The quantitative estimate of drug-likeness (QED) is 0.0166. The summed E-state index contributed by atoms with van der Waals surface area (Å²) in [6, 6.07) is -1.71. The molecule has 0 unspecified atom stereocenters. The van der Waals surface area contributed by atoms with Crippen molar-refractivity contribution in [3.05, 3.63) is 65.7 Å². The van der Waals surface area contributed by atoms with E-state index in [0.717, 1.165) is 6.92 Å². The lowest BCUT2D eigenvalue weighted by atomic mass is 10.0.